The highest BCUT2D eigenvalue weighted by atomic mass is 32.1. The fourth-order valence-corrected chi connectivity index (χ4v) is 5.21. The maximum Gasteiger partial charge on any atom is 0.248 e. The number of amides is 1. The Balaban J connectivity index is 1.23. The highest BCUT2D eigenvalue weighted by Gasteiger charge is 2.31. The van der Waals surface area contributed by atoms with E-state index in [4.69, 9.17) is 15.5 Å². The average molecular weight is 492 g/mol. The Morgan fingerprint density at radius 2 is 1.89 bits per heavy atom. The lowest BCUT2D eigenvalue weighted by atomic mass is 10.1. The van der Waals surface area contributed by atoms with E-state index in [1.54, 1.807) is 18.2 Å². The largest absolute Gasteiger partial charge is 0.489 e. The zero-order valence-corrected chi connectivity index (χ0v) is 21.2. The summed E-state index contributed by atoms with van der Waals surface area (Å²) in [5.74, 6) is 0.179. The first-order valence-corrected chi connectivity index (χ1v) is 13.2. The lowest BCUT2D eigenvalue weighted by Crippen LogP contribution is -2.46. The van der Waals surface area contributed by atoms with Gasteiger partial charge < -0.3 is 15.8 Å². The van der Waals surface area contributed by atoms with Crippen LogP contribution in [0.5, 0.6) is 5.75 Å². The number of nitrogens with zero attached hydrogens (tertiary/aromatic N) is 3. The van der Waals surface area contributed by atoms with E-state index in [-0.39, 0.29) is 6.10 Å². The smallest absolute Gasteiger partial charge is 0.248 e. The molecule has 1 aromatic heterocycles. The summed E-state index contributed by atoms with van der Waals surface area (Å²) < 4.78 is 5.90. The molecule has 35 heavy (non-hydrogen) atoms. The van der Waals surface area contributed by atoms with Crippen LogP contribution < -0.4 is 15.8 Å². The molecule has 0 radical (unpaired) electrons. The summed E-state index contributed by atoms with van der Waals surface area (Å²) in [7, 11) is 0. The molecule has 1 aliphatic heterocycles. The number of carbonyl (C=O) groups is 1. The summed E-state index contributed by atoms with van der Waals surface area (Å²) in [5, 5.41) is 6.08. The highest BCUT2D eigenvalue weighted by molar-refractivity contribution is 7.14. The van der Waals surface area contributed by atoms with Crippen LogP contribution in [0.15, 0.2) is 47.8 Å². The Hall–Kier alpha value is -2.94. The van der Waals surface area contributed by atoms with Crippen molar-refractivity contribution >= 4 is 28.1 Å². The van der Waals surface area contributed by atoms with Crippen LogP contribution in [0.25, 0.3) is 11.3 Å². The minimum absolute atomic E-state index is 0.00224. The van der Waals surface area contributed by atoms with E-state index >= 15 is 0 Å². The number of hydrogen-bond acceptors (Lipinski definition) is 7. The predicted octanol–water partition coefficient (Wildman–Crippen LogP) is 4.72. The molecule has 2 fully saturated rings. The van der Waals surface area contributed by atoms with Crippen LogP contribution in [-0.4, -0.2) is 59.0 Å². The van der Waals surface area contributed by atoms with Gasteiger partial charge in [-0.15, -0.1) is 11.3 Å². The molecular formula is C27H33N5O2S. The third kappa shape index (κ3) is 6.01. The van der Waals surface area contributed by atoms with Gasteiger partial charge in [-0.1, -0.05) is 24.3 Å². The molecule has 0 unspecified atom stereocenters. The first kappa shape index (κ1) is 23.8. The van der Waals surface area contributed by atoms with Gasteiger partial charge in [-0.25, -0.2) is 4.98 Å². The molecule has 5 rings (SSSR count). The molecule has 7 nitrogen and oxygen atoms in total. The van der Waals surface area contributed by atoms with Gasteiger partial charge in [0.05, 0.1) is 17.5 Å². The summed E-state index contributed by atoms with van der Waals surface area (Å²) >= 11 is 1.51. The van der Waals surface area contributed by atoms with Crippen molar-refractivity contribution in [3.63, 3.8) is 0 Å². The molecule has 1 amide bonds. The third-order valence-corrected chi connectivity index (χ3v) is 7.26. The van der Waals surface area contributed by atoms with Crippen molar-refractivity contribution in [1.82, 2.24) is 14.8 Å². The van der Waals surface area contributed by atoms with Gasteiger partial charge in [0.15, 0.2) is 5.13 Å². The molecule has 1 saturated heterocycles. The van der Waals surface area contributed by atoms with Crippen LogP contribution in [0.1, 0.15) is 42.6 Å². The lowest BCUT2D eigenvalue weighted by Gasteiger charge is -2.34. The van der Waals surface area contributed by atoms with Gasteiger partial charge in [-0.3, -0.25) is 14.6 Å². The number of ether oxygens (including phenoxy) is 1. The lowest BCUT2D eigenvalue weighted by molar-refractivity contribution is 0.100. The first-order valence-electron chi connectivity index (χ1n) is 12.3. The van der Waals surface area contributed by atoms with E-state index in [2.05, 4.69) is 39.4 Å². The molecule has 0 spiro atoms. The quantitative estimate of drug-likeness (QED) is 0.451. The van der Waals surface area contributed by atoms with E-state index in [1.807, 2.05) is 19.2 Å². The maximum absolute atomic E-state index is 11.7. The Labute approximate surface area is 210 Å². The monoisotopic (exact) mass is 491 g/mol. The number of thiazole rings is 1. The van der Waals surface area contributed by atoms with Crippen molar-refractivity contribution in [1.29, 1.82) is 0 Å². The van der Waals surface area contributed by atoms with E-state index < -0.39 is 5.91 Å². The number of hydrogen-bond donors (Lipinski definition) is 2. The van der Waals surface area contributed by atoms with Gasteiger partial charge in [0.2, 0.25) is 5.91 Å². The van der Waals surface area contributed by atoms with E-state index in [0.717, 1.165) is 42.1 Å². The zero-order chi connectivity index (χ0) is 24.4. The van der Waals surface area contributed by atoms with Crippen LogP contribution in [0, 0.1) is 0 Å². The number of nitrogens with two attached hydrogens (primary N) is 1. The van der Waals surface area contributed by atoms with Gasteiger partial charge >= 0.3 is 0 Å². The second kappa shape index (κ2) is 10.4. The Morgan fingerprint density at radius 1 is 1.14 bits per heavy atom. The molecule has 2 aromatic carbocycles. The van der Waals surface area contributed by atoms with E-state index in [1.165, 1.54) is 42.8 Å². The molecular weight excluding hydrogens is 458 g/mol. The van der Waals surface area contributed by atoms with Gasteiger partial charge in [-0.2, -0.15) is 0 Å². The van der Waals surface area contributed by atoms with Crippen molar-refractivity contribution in [3.8, 4) is 17.0 Å². The maximum atomic E-state index is 11.7. The number of piperazine rings is 1. The highest BCUT2D eigenvalue weighted by Crippen LogP contribution is 2.33. The van der Waals surface area contributed by atoms with Gasteiger partial charge in [-0.05, 0) is 50.5 Å². The van der Waals surface area contributed by atoms with Gasteiger partial charge in [0.25, 0.3) is 0 Å². The number of carbonyl (C=O) groups excluding carboxylic acids is 1. The summed E-state index contributed by atoms with van der Waals surface area (Å²) in [6.07, 6.45) is 2.78. The van der Waals surface area contributed by atoms with Crippen molar-refractivity contribution in [3.05, 3.63) is 59.0 Å². The Morgan fingerprint density at radius 3 is 2.54 bits per heavy atom. The van der Waals surface area contributed by atoms with Crippen LogP contribution in [0.3, 0.4) is 0 Å². The predicted molar refractivity (Wildman–Crippen MR) is 141 cm³/mol. The molecule has 184 valence electrons. The average Bonchev–Trinajstić information content (AvgIpc) is 3.59. The molecule has 8 heteroatoms. The molecule has 0 atom stereocenters. The van der Waals surface area contributed by atoms with Crippen LogP contribution in [0.4, 0.5) is 10.8 Å². The number of aromatic nitrogens is 1. The minimum Gasteiger partial charge on any atom is -0.489 e. The van der Waals surface area contributed by atoms with Crippen LogP contribution in [0.2, 0.25) is 0 Å². The fourth-order valence-electron chi connectivity index (χ4n) is 4.48. The molecule has 1 saturated carbocycles. The van der Waals surface area contributed by atoms with Crippen LogP contribution in [-0.2, 0) is 6.54 Å². The SMILES string of the molecule is CC(C)Oc1ccc(C(N)=O)cc1Nc1nc(-c2ccc(CN3CCN(C4CC4)CC3)cc2)cs1. The second-order valence-corrected chi connectivity index (χ2v) is 10.5. The van der Waals surface area contributed by atoms with Gasteiger partial charge in [0.1, 0.15) is 5.75 Å². The summed E-state index contributed by atoms with van der Waals surface area (Å²) in [6, 6.07) is 14.7. The van der Waals surface area contributed by atoms with Gasteiger partial charge in [0, 0.05) is 55.3 Å². The molecule has 0 bridgehead atoms. The fraction of sp³-hybridized carbons (Fsp3) is 0.407. The standard InChI is InChI=1S/C27H33N5O2S/c1-18(2)34-25-10-7-21(26(28)33)15-23(25)29-27-30-24(17-35-27)20-5-3-19(4-6-20)16-31-11-13-32(14-12-31)22-8-9-22/h3-7,10,15,17-18,22H,8-9,11-14,16H2,1-2H3,(H2,28,33)(H,29,30). The normalized spacial score (nSPS) is 17.0. The molecule has 1 aliphatic carbocycles. The number of rotatable bonds is 9. The van der Waals surface area contributed by atoms with Crippen molar-refractivity contribution < 1.29 is 9.53 Å². The minimum atomic E-state index is -0.478. The van der Waals surface area contributed by atoms with Crippen molar-refractivity contribution in [2.45, 2.75) is 45.4 Å². The third-order valence-electron chi connectivity index (χ3n) is 6.50. The number of nitrogens with one attached hydrogen (secondary N) is 1. The van der Waals surface area contributed by atoms with Crippen LogP contribution >= 0.6 is 11.3 Å². The number of anilines is 2. The molecule has 3 N–H and O–H groups in total. The summed E-state index contributed by atoms with van der Waals surface area (Å²) in [6.45, 7) is 9.62. The number of benzene rings is 2. The second-order valence-electron chi connectivity index (χ2n) is 9.64. The molecule has 2 aliphatic rings. The summed E-state index contributed by atoms with van der Waals surface area (Å²) in [5.41, 5.74) is 9.90. The Kier molecular flexibility index (Phi) is 7.04. The summed E-state index contributed by atoms with van der Waals surface area (Å²) in [4.78, 5) is 21.6. The molecule has 2 heterocycles. The van der Waals surface area contributed by atoms with E-state index in [9.17, 15) is 4.79 Å². The molecule has 3 aromatic rings. The Bertz CT molecular complexity index is 1160. The first-order chi connectivity index (χ1) is 16.9. The number of primary amides is 1. The zero-order valence-electron chi connectivity index (χ0n) is 20.4. The topological polar surface area (TPSA) is 83.7 Å². The van der Waals surface area contributed by atoms with E-state index in [0.29, 0.717) is 17.0 Å². The van der Waals surface area contributed by atoms with Crippen molar-refractivity contribution in [2.75, 3.05) is 31.5 Å². The van der Waals surface area contributed by atoms with Crippen molar-refractivity contribution in [2.24, 2.45) is 5.73 Å².